The van der Waals surface area contributed by atoms with Gasteiger partial charge in [-0.25, -0.2) is 8.42 Å². The molecule has 1 aromatic carbocycles. The van der Waals surface area contributed by atoms with E-state index < -0.39 is 28.6 Å². The largest absolute Gasteiger partial charge is 0.468 e. The van der Waals surface area contributed by atoms with Crippen LogP contribution in [0.15, 0.2) is 23.1 Å². The van der Waals surface area contributed by atoms with Crippen molar-refractivity contribution >= 4 is 27.6 Å². The van der Waals surface area contributed by atoms with Gasteiger partial charge in [0, 0.05) is 5.02 Å². The first-order chi connectivity index (χ1) is 8.81. The Bertz CT molecular complexity index is 572. The zero-order valence-electron chi connectivity index (χ0n) is 10.4. The molecule has 0 bridgehead atoms. The number of aliphatic hydroxyl groups excluding tert-OH is 1. The second-order valence-corrected chi connectivity index (χ2v) is 5.91. The molecule has 2 N–H and O–H groups in total. The minimum atomic E-state index is -3.94. The molecule has 0 heterocycles. The van der Waals surface area contributed by atoms with Crippen molar-refractivity contribution in [1.82, 2.24) is 4.72 Å². The summed E-state index contributed by atoms with van der Waals surface area (Å²) in [6.45, 7) is 0.880. The normalized spacial score (nSPS) is 13.1. The number of rotatable bonds is 5. The lowest BCUT2D eigenvalue weighted by Crippen LogP contribution is -2.44. The number of ether oxygens (including phenoxy) is 1. The van der Waals surface area contributed by atoms with Crippen LogP contribution >= 0.6 is 11.6 Å². The molecule has 1 unspecified atom stereocenters. The Labute approximate surface area is 116 Å². The fourth-order valence-corrected chi connectivity index (χ4v) is 3.10. The van der Waals surface area contributed by atoms with Crippen molar-refractivity contribution in [3.63, 3.8) is 0 Å². The van der Waals surface area contributed by atoms with Crippen molar-refractivity contribution in [2.45, 2.75) is 17.9 Å². The van der Waals surface area contributed by atoms with E-state index in [4.69, 9.17) is 16.7 Å². The molecule has 0 aliphatic heterocycles. The summed E-state index contributed by atoms with van der Waals surface area (Å²) in [4.78, 5) is 11.2. The van der Waals surface area contributed by atoms with Crippen molar-refractivity contribution in [1.29, 1.82) is 0 Å². The van der Waals surface area contributed by atoms with Crippen LogP contribution in [-0.2, 0) is 19.6 Å². The van der Waals surface area contributed by atoms with Crippen LogP contribution in [0.25, 0.3) is 0 Å². The van der Waals surface area contributed by atoms with Gasteiger partial charge in [0.15, 0.2) is 0 Å². The Balaban J connectivity index is 3.07. The summed E-state index contributed by atoms with van der Waals surface area (Å²) in [6, 6.07) is 2.90. The molecule has 1 rings (SSSR count). The molecule has 0 saturated carbocycles. The average molecular weight is 308 g/mol. The molecule has 0 amide bonds. The highest BCUT2D eigenvalue weighted by molar-refractivity contribution is 7.89. The number of aryl methyl sites for hydroxylation is 1. The van der Waals surface area contributed by atoms with Crippen LogP contribution in [0.5, 0.6) is 0 Å². The lowest BCUT2D eigenvalue weighted by molar-refractivity contribution is -0.143. The summed E-state index contributed by atoms with van der Waals surface area (Å²) in [7, 11) is -2.84. The molecular formula is C11H14ClNO5S. The van der Waals surface area contributed by atoms with Gasteiger partial charge in [-0.3, -0.25) is 4.79 Å². The Hall–Kier alpha value is -1.15. The van der Waals surface area contributed by atoms with Gasteiger partial charge in [0.2, 0.25) is 10.0 Å². The number of nitrogens with one attached hydrogen (secondary N) is 1. The average Bonchev–Trinajstić information content (AvgIpc) is 2.34. The number of benzene rings is 1. The zero-order chi connectivity index (χ0) is 14.6. The third-order valence-corrected chi connectivity index (χ3v) is 4.26. The maximum atomic E-state index is 12.1. The van der Waals surface area contributed by atoms with Crippen molar-refractivity contribution < 1.29 is 23.1 Å². The molecule has 0 aliphatic rings. The van der Waals surface area contributed by atoms with Crippen molar-refractivity contribution in [2.24, 2.45) is 0 Å². The molecule has 1 atom stereocenters. The third kappa shape index (κ3) is 3.90. The Kier molecular flexibility index (Phi) is 5.30. The van der Waals surface area contributed by atoms with Crippen LogP contribution in [0.1, 0.15) is 5.56 Å². The second kappa shape index (κ2) is 6.33. The number of methoxy groups -OCH3 is 1. The van der Waals surface area contributed by atoms with E-state index in [0.717, 1.165) is 7.11 Å². The lowest BCUT2D eigenvalue weighted by Gasteiger charge is -2.15. The summed E-state index contributed by atoms with van der Waals surface area (Å²) >= 11 is 5.74. The van der Waals surface area contributed by atoms with Crippen LogP contribution in [0.4, 0.5) is 0 Å². The number of esters is 1. The zero-order valence-corrected chi connectivity index (χ0v) is 12.0. The summed E-state index contributed by atoms with van der Waals surface area (Å²) in [5, 5.41) is 9.41. The topological polar surface area (TPSA) is 92.7 Å². The summed E-state index contributed by atoms with van der Waals surface area (Å²) in [5.74, 6) is -0.863. The van der Waals surface area contributed by atoms with Gasteiger partial charge < -0.3 is 9.84 Å². The first kappa shape index (κ1) is 15.9. The molecule has 0 radical (unpaired) electrons. The maximum Gasteiger partial charge on any atom is 0.326 e. The lowest BCUT2D eigenvalue weighted by atomic mass is 10.2. The van der Waals surface area contributed by atoms with E-state index in [2.05, 4.69) is 9.46 Å². The Morgan fingerprint density at radius 2 is 2.16 bits per heavy atom. The van der Waals surface area contributed by atoms with Crippen LogP contribution in [0.3, 0.4) is 0 Å². The molecule has 8 heteroatoms. The SMILES string of the molecule is COC(=O)C(CO)NS(=O)(=O)c1ccc(Cl)cc1C. The molecule has 0 fully saturated rings. The van der Waals surface area contributed by atoms with Gasteiger partial charge in [0.05, 0.1) is 18.6 Å². The Morgan fingerprint density at radius 1 is 1.53 bits per heavy atom. The number of hydrogen-bond acceptors (Lipinski definition) is 5. The number of hydrogen-bond donors (Lipinski definition) is 2. The van der Waals surface area contributed by atoms with Crippen molar-refractivity contribution in [2.75, 3.05) is 13.7 Å². The van der Waals surface area contributed by atoms with Crippen molar-refractivity contribution in [3.8, 4) is 0 Å². The number of halogens is 1. The minimum Gasteiger partial charge on any atom is -0.468 e. The number of carbonyl (C=O) groups excluding carboxylic acids is 1. The highest BCUT2D eigenvalue weighted by Crippen LogP contribution is 2.19. The monoisotopic (exact) mass is 307 g/mol. The van der Waals surface area contributed by atoms with Gasteiger partial charge >= 0.3 is 5.97 Å². The molecule has 106 valence electrons. The highest BCUT2D eigenvalue weighted by Gasteiger charge is 2.26. The van der Waals surface area contributed by atoms with E-state index in [0.29, 0.717) is 10.6 Å². The second-order valence-electron chi connectivity index (χ2n) is 3.79. The van der Waals surface area contributed by atoms with E-state index in [-0.39, 0.29) is 4.90 Å². The highest BCUT2D eigenvalue weighted by atomic mass is 35.5. The molecule has 0 aliphatic carbocycles. The quantitative estimate of drug-likeness (QED) is 0.771. The van der Waals surface area contributed by atoms with E-state index in [9.17, 15) is 13.2 Å². The smallest absolute Gasteiger partial charge is 0.326 e. The number of carbonyl (C=O) groups is 1. The third-order valence-electron chi connectivity index (χ3n) is 2.39. The van der Waals surface area contributed by atoms with Crippen LogP contribution in [0.2, 0.25) is 5.02 Å². The standard InChI is InChI=1S/C11H14ClNO5S/c1-7-5-8(12)3-4-10(7)19(16,17)13-9(6-14)11(15)18-2/h3-5,9,13-14H,6H2,1-2H3. The van der Waals surface area contributed by atoms with E-state index in [1.54, 1.807) is 6.92 Å². The van der Waals surface area contributed by atoms with E-state index >= 15 is 0 Å². The Morgan fingerprint density at radius 3 is 2.63 bits per heavy atom. The van der Waals surface area contributed by atoms with Crippen LogP contribution < -0.4 is 4.72 Å². The number of aliphatic hydroxyl groups is 1. The fourth-order valence-electron chi connectivity index (χ4n) is 1.47. The minimum absolute atomic E-state index is 0.0146. The van der Waals surface area contributed by atoms with Gasteiger partial charge in [0.25, 0.3) is 0 Å². The maximum absolute atomic E-state index is 12.1. The summed E-state index contributed by atoms with van der Waals surface area (Å²) in [5.41, 5.74) is 0.432. The first-order valence-corrected chi connectivity index (χ1v) is 7.15. The molecule has 0 saturated heterocycles. The van der Waals surface area contributed by atoms with Crippen LogP contribution in [0, 0.1) is 6.92 Å². The molecular weight excluding hydrogens is 294 g/mol. The molecule has 1 aromatic rings. The summed E-state index contributed by atoms with van der Waals surface area (Å²) < 4.78 is 30.6. The predicted molar refractivity (Wildman–Crippen MR) is 69.4 cm³/mol. The van der Waals surface area contributed by atoms with Gasteiger partial charge in [-0.05, 0) is 30.7 Å². The van der Waals surface area contributed by atoms with Crippen LogP contribution in [-0.4, -0.2) is 39.3 Å². The fraction of sp³-hybridized carbons (Fsp3) is 0.364. The predicted octanol–water partition coefficient (Wildman–Crippen LogP) is 0.461. The van der Waals surface area contributed by atoms with Crippen molar-refractivity contribution in [3.05, 3.63) is 28.8 Å². The van der Waals surface area contributed by atoms with E-state index in [1.807, 2.05) is 0 Å². The van der Waals surface area contributed by atoms with Gasteiger partial charge in [-0.15, -0.1) is 0 Å². The first-order valence-electron chi connectivity index (χ1n) is 5.29. The molecule has 0 aromatic heterocycles. The van der Waals surface area contributed by atoms with Gasteiger partial charge in [-0.1, -0.05) is 11.6 Å². The molecule has 19 heavy (non-hydrogen) atoms. The van der Waals surface area contributed by atoms with Gasteiger partial charge in [0.1, 0.15) is 6.04 Å². The molecule has 0 spiro atoms. The molecule has 6 nitrogen and oxygen atoms in total. The summed E-state index contributed by atoms with van der Waals surface area (Å²) in [6.07, 6.45) is 0. The van der Waals surface area contributed by atoms with E-state index in [1.165, 1.54) is 18.2 Å². The van der Waals surface area contributed by atoms with Gasteiger partial charge in [-0.2, -0.15) is 4.72 Å². The number of sulfonamides is 1.